The molecule has 100 valence electrons. The molecule has 0 radical (unpaired) electrons. The number of hydrogen-bond acceptors (Lipinski definition) is 1. The molecule has 2 aromatic rings. The highest BCUT2D eigenvalue weighted by atomic mass is 79.9. The molecule has 3 heteroatoms. The summed E-state index contributed by atoms with van der Waals surface area (Å²) in [4.78, 5) is 4.58. The van der Waals surface area contributed by atoms with E-state index in [1.165, 1.54) is 22.5 Å². The van der Waals surface area contributed by atoms with Crippen LogP contribution in [0.2, 0.25) is 0 Å². The van der Waals surface area contributed by atoms with Crippen molar-refractivity contribution in [3.05, 3.63) is 51.3 Å². The van der Waals surface area contributed by atoms with Crippen LogP contribution in [0.5, 0.6) is 0 Å². The zero-order valence-electron chi connectivity index (χ0n) is 11.9. The van der Waals surface area contributed by atoms with Gasteiger partial charge in [-0.2, -0.15) is 0 Å². The van der Waals surface area contributed by atoms with Crippen LogP contribution in [0.25, 0.3) is 0 Å². The topological polar surface area (TPSA) is 17.3 Å². The number of halogens is 1. The fraction of sp³-hybridized carbons (Fsp3) is 0.312. The van der Waals surface area contributed by atoms with Crippen LogP contribution in [0.3, 0.4) is 0 Å². The molecule has 0 saturated heterocycles. The standard InChI is InChI=1S/C16H19BrN2/c1-5-19-12(3)9-14(13(19)4)10-18-16-7-6-11(2)8-15(16)17/h6-10H,5H2,1-4H3. The van der Waals surface area contributed by atoms with Crippen LogP contribution in [0.15, 0.2) is 33.7 Å². The van der Waals surface area contributed by atoms with Gasteiger partial charge in [-0.05, 0) is 67.4 Å². The number of aromatic nitrogens is 1. The Morgan fingerprint density at radius 2 is 1.95 bits per heavy atom. The van der Waals surface area contributed by atoms with Gasteiger partial charge in [-0.15, -0.1) is 0 Å². The van der Waals surface area contributed by atoms with Crippen molar-refractivity contribution in [2.45, 2.75) is 34.2 Å². The Kier molecular flexibility index (Phi) is 4.25. The molecule has 0 fully saturated rings. The van der Waals surface area contributed by atoms with E-state index in [-0.39, 0.29) is 0 Å². The summed E-state index contributed by atoms with van der Waals surface area (Å²) in [7, 11) is 0. The van der Waals surface area contributed by atoms with Gasteiger partial charge in [0.1, 0.15) is 0 Å². The fourth-order valence-electron chi connectivity index (χ4n) is 2.30. The highest BCUT2D eigenvalue weighted by Crippen LogP contribution is 2.26. The van der Waals surface area contributed by atoms with Crippen molar-refractivity contribution in [2.75, 3.05) is 0 Å². The average molecular weight is 319 g/mol. The summed E-state index contributed by atoms with van der Waals surface area (Å²) in [5.74, 6) is 0. The van der Waals surface area contributed by atoms with Crippen molar-refractivity contribution in [3.63, 3.8) is 0 Å². The van der Waals surface area contributed by atoms with Gasteiger partial charge >= 0.3 is 0 Å². The van der Waals surface area contributed by atoms with Crippen LogP contribution in [0.1, 0.15) is 29.4 Å². The molecule has 0 aliphatic carbocycles. The van der Waals surface area contributed by atoms with Gasteiger partial charge in [0.2, 0.25) is 0 Å². The van der Waals surface area contributed by atoms with Crippen molar-refractivity contribution in [2.24, 2.45) is 4.99 Å². The summed E-state index contributed by atoms with van der Waals surface area (Å²) in [6.45, 7) is 9.52. The molecule has 0 spiro atoms. The molecule has 2 nitrogen and oxygen atoms in total. The summed E-state index contributed by atoms with van der Waals surface area (Å²) in [5.41, 5.74) is 5.94. The number of aliphatic imine (C=N–C) groups is 1. The Balaban J connectivity index is 2.33. The predicted octanol–water partition coefficient (Wildman–Crippen LogP) is 4.95. The van der Waals surface area contributed by atoms with E-state index in [1.54, 1.807) is 0 Å². The molecule has 2 rings (SSSR count). The first kappa shape index (κ1) is 14.1. The predicted molar refractivity (Wildman–Crippen MR) is 85.7 cm³/mol. The summed E-state index contributed by atoms with van der Waals surface area (Å²) in [5, 5.41) is 0. The molecule has 19 heavy (non-hydrogen) atoms. The largest absolute Gasteiger partial charge is 0.349 e. The second kappa shape index (κ2) is 5.74. The zero-order valence-corrected chi connectivity index (χ0v) is 13.5. The van der Waals surface area contributed by atoms with Crippen LogP contribution < -0.4 is 0 Å². The minimum absolute atomic E-state index is 0.965. The highest BCUT2D eigenvalue weighted by molar-refractivity contribution is 9.10. The number of nitrogens with zero attached hydrogens (tertiary/aromatic N) is 2. The number of benzene rings is 1. The molecule has 0 aliphatic heterocycles. The van der Waals surface area contributed by atoms with Crippen LogP contribution >= 0.6 is 15.9 Å². The van der Waals surface area contributed by atoms with Crippen LogP contribution in [-0.4, -0.2) is 10.8 Å². The molecule has 1 aromatic carbocycles. The molecule has 0 atom stereocenters. The first-order valence-corrected chi connectivity index (χ1v) is 7.29. The van der Waals surface area contributed by atoms with Gasteiger partial charge in [0.05, 0.1) is 5.69 Å². The molecule has 0 N–H and O–H groups in total. The smallest absolute Gasteiger partial charge is 0.0772 e. The molecule has 0 aliphatic rings. The third kappa shape index (κ3) is 2.98. The van der Waals surface area contributed by atoms with Crippen molar-refractivity contribution in [1.29, 1.82) is 0 Å². The second-order valence-corrected chi connectivity index (χ2v) is 5.64. The van der Waals surface area contributed by atoms with Crippen molar-refractivity contribution < 1.29 is 0 Å². The molecule has 0 unspecified atom stereocenters. The van der Waals surface area contributed by atoms with E-state index in [2.05, 4.69) is 71.4 Å². The Labute approximate surface area is 123 Å². The van der Waals surface area contributed by atoms with Crippen molar-refractivity contribution in [1.82, 2.24) is 4.57 Å². The molecular weight excluding hydrogens is 300 g/mol. The quantitative estimate of drug-likeness (QED) is 0.713. The van der Waals surface area contributed by atoms with E-state index >= 15 is 0 Å². The Morgan fingerprint density at radius 1 is 1.21 bits per heavy atom. The third-order valence-corrected chi connectivity index (χ3v) is 4.01. The second-order valence-electron chi connectivity index (χ2n) is 4.78. The monoisotopic (exact) mass is 318 g/mol. The number of aryl methyl sites for hydroxylation is 2. The van der Waals surface area contributed by atoms with Gasteiger partial charge in [0, 0.05) is 34.2 Å². The van der Waals surface area contributed by atoms with E-state index in [4.69, 9.17) is 0 Å². The van der Waals surface area contributed by atoms with Crippen molar-refractivity contribution in [3.8, 4) is 0 Å². The SMILES string of the molecule is CCn1c(C)cc(C=Nc2ccc(C)cc2Br)c1C. The lowest BCUT2D eigenvalue weighted by Crippen LogP contribution is -1.99. The van der Waals surface area contributed by atoms with Crippen LogP contribution in [0, 0.1) is 20.8 Å². The summed E-state index contributed by atoms with van der Waals surface area (Å²) in [6, 6.07) is 8.38. The first-order valence-electron chi connectivity index (χ1n) is 6.50. The maximum atomic E-state index is 4.58. The van der Waals surface area contributed by atoms with Crippen LogP contribution in [0.4, 0.5) is 5.69 Å². The van der Waals surface area contributed by atoms with E-state index in [0.717, 1.165) is 16.7 Å². The molecule has 1 aromatic heterocycles. The minimum Gasteiger partial charge on any atom is -0.349 e. The van der Waals surface area contributed by atoms with E-state index in [1.807, 2.05) is 12.3 Å². The van der Waals surface area contributed by atoms with Gasteiger partial charge in [0.15, 0.2) is 0 Å². The summed E-state index contributed by atoms with van der Waals surface area (Å²) in [6.07, 6.45) is 1.95. The number of hydrogen-bond donors (Lipinski definition) is 0. The zero-order chi connectivity index (χ0) is 14.0. The van der Waals surface area contributed by atoms with E-state index in [0.29, 0.717) is 0 Å². The molecule has 0 saturated carbocycles. The molecular formula is C16H19BrN2. The lowest BCUT2D eigenvalue weighted by molar-refractivity contribution is 0.718. The van der Waals surface area contributed by atoms with E-state index < -0.39 is 0 Å². The molecule has 1 heterocycles. The van der Waals surface area contributed by atoms with Crippen molar-refractivity contribution >= 4 is 27.8 Å². The van der Waals surface area contributed by atoms with Gasteiger partial charge in [0.25, 0.3) is 0 Å². The molecule has 0 bridgehead atoms. The van der Waals surface area contributed by atoms with Crippen LogP contribution in [-0.2, 0) is 6.54 Å². The van der Waals surface area contributed by atoms with Gasteiger partial charge < -0.3 is 4.57 Å². The van der Waals surface area contributed by atoms with Gasteiger partial charge in [-0.1, -0.05) is 6.07 Å². The average Bonchev–Trinajstić information content (AvgIpc) is 2.63. The van der Waals surface area contributed by atoms with Gasteiger partial charge in [-0.3, -0.25) is 4.99 Å². The van der Waals surface area contributed by atoms with Gasteiger partial charge in [-0.25, -0.2) is 0 Å². The maximum Gasteiger partial charge on any atom is 0.0772 e. The Morgan fingerprint density at radius 3 is 2.53 bits per heavy atom. The normalized spacial score (nSPS) is 11.4. The summed E-state index contributed by atoms with van der Waals surface area (Å²) >= 11 is 3.55. The minimum atomic E-state index is 0.965. The first-order chi connectivity index (χ1) is 9.02. The number of rotatable bonds is 3. The Hall–Kier alpha value is -1.35. The van der Waals surface area contributed by atoms with E-state index in [9.17, 15) is 0 Å². The lowest BCUT2D eigenvalue weighted by atomic mass is 10.2. The Bertz CT molecular complexity index is 624. The molecule has 0 amide bonds. The maximum absolute atomic E-state index is 4.58. The lowest BCUT2D eigenvalue weighted by Gasteiger charge is -2.04. The summed E-state index contributed by atoms with van der Waals surface area (Å²) < 4.78 is 3.33. The fourth-order valence-corrected chi connectivity index (χ4v) is 2.90. The third-order valence-electron chi connectivity index (χ3n) is 3.37. The highest BCUT2D eigenvalue weighted by Gasteiger charge is 2.05.